The first-order valence-electron chi connectivity index (χ1n) is 13.5. The normalized spacial score (nSPS) is 18.0. The SMILES string of the molecule is CC(=[N-])C(C)(C)CC1CC1.CC(C)C#N.CC(N)C(C)(C)CC1CC1.[C-]#[N+]C(C)(C)CC1CC1.[Li+]. The van der Waals surface area contributed by atoms with E-state index in [1.54, 1.807) is 0 Å². The first-order chi connectivity index (χ1) is 15.5. The van der Waals surface area contributed by atoms with E-state index in [1.807, 2.05) is 40.7 Å². The fraction of sp³-hybridized carbons (Fsp3) is 0.900. The zero-order chi connectivity index (χ0) is 26.7. The third-order valence-corrected chi connectivity index (χ3v) is 7.27. The van der Waals surface area contributed by atoms with E-state index in [4.69, 9.17) is 17.6 Å². The molecule has 0 aromatic carbocycles. The van der Waals surface area contributed by atoms with Crippen LogP contribution in [0.3, 0.4) is 0 Å². The maximum Gasteiger partial charge on any atom is 1.00 e. The van der Waals surface area contributed by atoms with E-state index >= 15 is 0 Å². The van der Waals surface area contributed by atoms with Crippen LogP contribution in [0.25, 0.3) is 10.3 Å². The Bertz CT molecular complexity index is 682. The number of rotatable bonds is 8. The molecule has 3 rings (SSSR count). The summed E-state index contributed by atoms with van der Waals surface area (Å²) in [4.78, 5) is 3.55. The zero-order valence-corrected chi connectivity index (χ0v) is 25.2. The Hall–Kier alpha value is -0.793. The van der Waals surface area contributed by atoms with E-state index in [0.717, 1.165) is 30.6 Å². The van der Waals surface area contributed by atoms with Crippen molar-refractivity contribution in [3.05, 3.63) is 16.8 Å². The molecule has 0 aliphatic heterocycles. The van der Waals surface area contributed by atoms with Gasteiger partial charge in [-0.25, -0.2) is 12.3 Å². The summed E-state index contributed by atoms with van der Waals surface area (Å²) in [6.07, 6.45) is 11.9. The summed E-state index contributed by atoms with van der Waals surface area (Å²) in [5, 5.41) is 17.2. The molecule has 196 valence electrons. The van der Waals surface area contributed by atoms with Crippen LogP contribution in [0, 0.1) is 52.4 Å². The summed E-state index contributed by atoms with van der Waals surface area (Å²) in [6.45, 7) is 27.3. The predicted octanol–water partition coefficient (Wildman–Crippen LogP) is 5.66. The van der Waals surface area contributed by atoms with Gasteiger partial charge in [-0.2, -0.15) is 5.26 Å². The Balaban J connectivity index is 0. The average molecular weight is 479 g/mol. The van der Waals surface area contributed by atoms with E-state index in [1.165, 1.54) is 44.9 Å². The fourth-order valence-corrected chi connectivity index (χ4v) is 3.52. The van der Waals surface area contributed by atoms with Crippen molar-refractivity contribution < 1.29 is 18.9 Å². The summed E-state index contributed by atoms with van der Waals surface area (Å²) in [5.74, 6) is 2.97. The van der Waals surface area contributed by atoms with Crippen molar-refractivity contribution >= 4 is 5.71 Å². The molecule has 5 heteroatoms. The predicted molar refractivity (Wildman–Crippen MR) is 148 cm³/mol. The molecular weight excluding hydrogens is 423 g/mol. The van der Waals surface area contributed by atoms with Gasteiger partial charge in [0.25, 0.3) is 0 Å². The number of nitrogens with zero attached hydrogens (tertiary/aromatic N) is 3. The standard InChI is InChI=1S/C9H19N.C9H16N.C8H13N.C4H7N.Li/c2*1-7(10)9(2,3)6-8-4-5-8;1-8(2,9-3)6-7-4-5-7;1-4(2)3-5;/h7-8H,4-6,10H2,1-3H3;8H,4-6H2,1-3H3;7H,4-6H2,1-2H3;4H,1-2H3;/q;-1;;;+1. The summed E-state index contributed by atoms with van der Waals surface area (Å²) < 4.78 is 0. The van der Waals surface area contributed by atoms with Crippen LogP contribution in [0.15, 0.2) is 0 Å². The minimum absolute atomic E-state index is 0. The van der Waals surface area contributed by atoms with E-state index in [-0.39, 0.29) is 35.7 Å². The molecule has 0 bridgehead atoms. The summed E-state index contributed by atoms with van der Waals surface area (Å²) in [6, 6.07) is 2.37. The van der Waals surface area contributed by atoms with Crippen molar-refractivity contribution in [2.45, 2.75) is 139 Å². The Morgan fingerprint density at radius 2 is 1.26 bits per heavy atom. The first kappa shape index (κ1) is 36.4. The largest absolute Gasteiger partial charge is 1.00 e. The maximum atomic E-state index is 9.27. The molecule has 0 radical (unpaired) electrons. The Kier molecular flexibility index (Phi) is 16.8. The summed E-state index contributed by atoms with van der Waals surface area (Å²) >= 11 is 0. The zero-order valence-electron chi connectivity index (χ0n) is 25.2. The molecule has 3 aliphatic carbocycles. The van der Waals surface area contributed by atoms with Gasteiger partial charge in [-0.3, -0.25) is 0 Å². The molecule has 1 atom stereocenters. The number of hydrogen-bond donors (Lipinski definition) is 1. The van der Waals surface area contributed by atoms with Gasteiger partial charge in [0.15, 0.2) is 0 Å². The summed E-state index contributed by atoms with van der Waals surface area (Å²) in [5.41, 5.74) is 6.77. The second kappa shape index (κ2) is 16.1. The molecule has 0 aromatic rings. The van der Waals surface area contributed by atoms with Crippen molar-refractivity contribution in [2.75, 3.05) is 0 Å². The van der Waals surface area contributed by atoms with Crippen molar-refractivity contribution in [2.24, 2.45) is 40.2 Å². The molecule has 35 heavy (non-hydrogen) atoms. The molecule has 0 aromatic heterocycles. The molecule has 0 saturated heterocycles. The monoisotopic (exact) mass is 478 g/mol. The van der Waals surface area contributed by atoms with Gasteiger partial charge in [0.1, 0.15) is 0 Å². The molecule has 1 unspecified atom stereocenters. The minimum Gasteiger partial charge on any atom is -0.811 e. The molecule has 3 saturated carbocycles. The van der Waals surface area contributed by atoms with Gasteiger partial charge in [0.05, 0.1) is 6.07 Å². The number of hydrogen-bond acceptors (Lipinski definition) is 2. The molecule has 3 aliphatic rings. The molecule has 0 spiro atoms. The smallest absolute Gasteiger partial charge is 0.811 e. The van der Waals surface area contributed by atoms with Crippen molar-refractivity contribution in [3.8, 4) is 6.07 Å². The quantitative estimate of drug-likeness (QED) is 0.278. The Morgan fingerprint density at radius 3 is 1.51 bits per heavy atom. The van der Waals surface area contributed by atoms with Crippen LogP contribution in [-0.2, 0) is 0 Å². The Labute approximate surface area is 231 Å². The van der Waals surface area contributed by atoms with Crippen LogP contribution >= 0.6 is 0 Å². The third-order valence-electron chi connectivity index (χ3n) is 7.27. The topological polar surface area (TPSA) is 76.5 Å². The van der Waals surface area contributed by atoms with Gasteiger partial charge < -0.3 is 16.0 Å². The molecule has 0 amide bonds. The molecule has 2 N–H and O–H groups in total. The van der Waals surface area contributed by atoms with Gasteiger partial charge in [-0.1, -0.05) is 60.3 Å². The van der Waals surface area contributed by atoms with Crippen LogP contribution in [0.4, 0.5) is 0 Å². The number of nitriles is 1. The van der Waals surface area contributed by atoms with Crippen LogP contribution in [0.5, 0.6) is 0 Å². The van der Waals surface area contributed by atoms with Crippen LogP contribution in [0.2, 0.25) is 0 Å². The molecule has 4 nitrogen and oxygen atoms in total. The minimum atomic E-state index is -0.0822. The average Bonchev–Trinajstić information content (AvgIpc) is 3.53. The van der Waals surface area contributed by atoms with Gasteiger partial charge in [-0.15, -0.1) is 0 Å². The first-order valence-corrected chi connectivity index (χ1v) is 13.5. The van der Waals surface area contributed by atoms with Crippen LogP contribution < -0.4 is 24.6 Å². The number of nitrogens with two attached hydrogens (primary N) is 1. The third kappa shape index (κ3) is 20.0. The Morgan fingerprint density at radius 1 is 0.914 bits per heavy atom. The molecule has 3 fully saturated rings. The fourth-order valence-electron chi connectivity index (χ4n) is 3.52. The van der Waals surface area contributed by atoms with Gasteiger partial charge in [0.2, 0.25) is 5.54 Å². The van der Waals surface area contributed by atoms with E-state index in [0.29, 0.717) is 17.2 Å². The van der Waals surface area contributed by atoms with Gasteiger partial charge in [0, 0.05) is 32.2 Å². The van der Waals surface area contributed by atoms with Crippen molar-refractivity contribution in [3.63, 3.8) is 0 Å². The summed E-state index contributed by atoms with van der Waals surface area (Å²) in [7, 11) is 0. The van der Waals surface area contributed by atoms with E-state index in [9.17, 15) is 5.41 Å². The van der Waals surface area contributed by atoms with E-state index in [2.05, 4.69) is 39.5 Å². The van der Waals surface area contributed by atoms with Crippen LogP contribution in [-0.4, -0.2) is 17.3 Å². The van der Waals surface area contributed by atoms with E-state index < -0.39 is 0 Å². The second-order valence-electron chi connectivity index (χ2n) is 13.4. The van der Waals surface area contributed by atoms with Crippen molar-refractivity contribution in [1.29, 1.82) is 5.26 Å². The maximum absolute atomic E-state index is 9.27. The van der Waals surface area contributed by atoms with Gasteiger partial charge >= 0.3 is 18.9 Å². The molecular formula is C30H55LiN4. The van der Waals surface area contributed by atoms with Crippen LogP contribution in [0.1, 0.15) is 127 Å². The molecule has 0 heterocycles. The second-order valence-corrected chi connectivity index (χ2v) is 13.4. The van der Waals surface area contributed by atoms with Gasteiger partial charge in [-0.05, 0) is 75.0 Å². The van der Waals surface area contributed by atoms with Crippen molar-refractivity contribution in [1.82, 2.24) is 0 Å².